The van der Waals surface area contributed by atoms with Gasteiger partial charge in [-0.15, -0.1) is 11.3 Å². The predicted octanol–water partition coefficient (Wildman–Crippen LogP) is 4.42. The molecule has 0 N–H and O–H groups in total. The van der Waals surface area contributed by atoms with Crippen LogP contribution in [0.3, 0.4) is 0 Å². The predicted molar refractivity (Wildman–Crippen MR) is 114 cm³/mol. The number of rotatable bonds is 5. The van der Waals surface area contributed by atoms with E-state index in [-0.39, 0.29) is 5.91 Å². The Kier molecular flexibility index (Phi) is 4.90. The molecule has 0 aliphatic rings. The first-order valence-electron chi connectivity index (χ1n) is 8.71. The van der Waals surface area contributed by atoms with Crippen LogP contribution in [-0.2, 0) is 0 Å². The number of amides is 1. The van der Waals surface area contributed by atoms with Crippen molar-refractivity contribution in [3.8, 4) is 0 Å². The van der Waals surface area contributed by atoms with Crippen LogP contribution in [-0.4, -0.2) is 48.0 Å². The summed E-state index contributed by atoms with van der Waals surface area (Å²) in [5.41, 5.74) is 2.94. The molecule has 1 amide bonds. The van der Waals surface area contributed by atoms with Crippen LogP contribution in [0.1, 0.15) is 15.4 Å². The highest BCUT2D eigenvalue weighted by Gasteiger charge is 2.24. The molecule has 0 radical (unpaired) electrons. The molecule has 4 rings (SSSR count). The lowest BCUT2D eigenvalue weighted by molar-refractivity contribution is 0.0985. The highest BCUT2D eigenvalue weighted by molar-refractivity contribution is 7.23. The maximum Gasteiger partial charge on any atom is 0.289 e. The summed E-state index contributed by atoms with van der Waals surface area (Å²) in [6.07, 6.45) is 0. The van der Waals surface area contributed by atoms with Gasteiger partial charge in [-0.3, -0.25) is 9.69 Å². The van der Waals surface area contributed by atoms with Crippen molar-refractivity contribution in [2.45, 2.75) is 6.92 Å². The van der Waals surface area contributed by atoms with Crippen molar-refractivity contribution < 1.29 is 4.79 Å². The van der Waals surface area contributed by atoms with E-state index in [0.29, 0.717) is 11.6 Å². The molecule has 7 heteroatoms. The van der Waals surface area contributed by atoms with Crippen molar-refractivity contribution >= 4 is 54.1 Å². The van der Waals surface area contributed by atoms with Gasteiger partial charge in [0, 0.05) is 13.1 Å². The number of benzene rings is 2. The summed E-state index contributed by atoms with van der Waals surface area (Å²) in [5, 5.41) is 1.23. The number of carbonyl (C=O) groups excluding carboxylic acids is 1. The second-order valence-corrected chi connectivity index (χ2v) is 8.70. The molecule has 2 heterocycles. The van der Waals surface area contributed by atoms with Crippen LogP contribution in [0.2, 0.25) is 0 Å². The number of carbonyl (C=O) groups is 1. The van der Waals surface area contributed by atoms with Crippen molar-refractivity contribution in [2.24, 2.45) is 0 Å². The minimum absolute atomic E-state index is 0.0882. The van der Waals surface area contributed by atoms with E-state index >= 15 is 0 Å². The fraction of sp³-hybridized carbons (Fsp3) is 0.250. The van der Waals surface area contributed by atoms with E-state index in [9.17, 15) is 4.79 Å². The Balaban J connectivity index is 1.74. The van der Waals surface area contributed by atoms with Crippen LogP contribution in [0.4, 0.5) is 5.13 Å². The average Bonchev–Trinajstić information content (AvgIpc) is 3.26. The number of thiazole rings is 2. The molecule has 4 aromatic rings. The second-order valence-electron chi connectivity index (χ2n) is 6.66. The topological polar surface area (TPSA) is 49.3 Å². The van der Waals surface area contributed by atoms with E-state index in [1.165, 1.54) is 11.3 Å². The molecule has 5 nitrogen and oxygen atoms in total. The molecule has 0 bridgehead atoms. The highest BCUT2D eigenvalue weighted by Crippen LogP contribution is 2.32. The maximum atomic E-state index is 13.3. The molecule has 0 saturated carbocycles. The van der Waals surface area contributed by atoms with Gasteiger partial charge in [0.1, 0.15) is 0 Å². The summed E-state index contributed by atoms with van der Waals surface area (Å²) in [6, 6.07) is 14.0. The first-order chi connectivity index (χ1) is 13.0. The molecule has 0 saturated heterocycles. The van der Waals surface area contributed by atoms with Crippen molar-refractivity contribution in [3.63, 3.8) is 0 Å². The Morgan fingerprint density at radius 3 is 2.48 bits per heavy atom. The minimum Gasteiger partial charge on any atom is -0.308 e. The Bertz CT molecular complexity index is 1080. The van der Waals surface area contributed by atoms with E-state index in [1.54, 1.807) is 16.2 Å². The summed E-state index contributed by atoms with van der Waals surface area (Å²) in [4.78, 5) is 26.5. The fourth-order valence-electron chi connectivity index (χ4n) is 2.85. The van der Waals surface area contributed by atoms with Crippen molar-refractivity contribution in [1.29, 1.82) is 0 Å². The molecular weight excluding hydrogens is 376 g/mol. The smallest absolute Gasteiger partial charge is 0.289 e. The summed E-state index contributed by atoms with van der Waals surface area (Å²) in [6.45, 7) is 3.37. The van der Waals surface area contributed by atoms with Gasteiger partial charge in [-0.25, -0.2) is 9.97 Å². The van der Waals surface area contributed by atoms with Crippen LogP contribution >= 0.6 is 22.7 Å². The van der Waals surface area contributed by atoms with Gasteiger partial charge in [-0.1, -0.05) is 35.6 Å². The molecule has 27 heavy (non-hydrogen) atoms. The van der Waals surface area contributed by atoms with Gasteiger partial charge in [-0.05, 0) is 44.8 Å². The van der Waals surface area contributed by atoms with Crippen LogP contribution in [0, 0.1) is 6.92 Å². The number of aromatic nitrogens is 2. The Morgan fingerprint density at radius 2 is 1.74 bits per heavy atom. The fourth-order valence-corrected chi connectivity index (χ4v) is 4.84. The quantitative estimate of drug-likeness (QED) is 0.501. The monoisotopic (exact) mass is 396 g/mol. The zero-order valence-electron chi connectivity index (χ0n) is 15.5. The maximum absolute atomic E-state index is 13.3. The van der Waals surface area contributed by atoms with E-state index in [1.807, 2.05) is 57.4 Å². The highest BCUT2D eigenvalue weighted by atomic mass is 32.1. The van der Waals surface area contributed by atoms with E-state index < -0.39 is 0 Å². The third-order valence-electron chi connectivity index (χ3n) is 4.33. The summed E-state index contributed by atoms with van der Waals surface area (Å²) in [7, 11) is 4.01. The summed E-state index contributed by atoms with van der Waals surface area (Å²) < 4.78 is 2.12. The number of hydrogen-bond acceptors (Lipinski definition) is 6. The number of fused-ring (bicyclic) bond motifs is 2. The van der Waals surface area contributed by atoms with Gasteiger partial charge in [0.05, 0.1) is 20.4 Å². The summed E-state index contributed by atoms with van der Waals surface area (Å²) in [5.74, 6) is -0.0882. The standard InChI is InChI=1S/C20H20N4OS2/c1-13-7-6-10-16-17(13)22-20(27-16)24(12-11-23(2)3)19(25)18-21-14-8-4-5-9-15(14)26-18/h4-10H,11-12H2,1-3H3. The Hall–Kier alpha value is -2.35. The first-order valence-corrected chi connectivity index (χ1v) is 10.3. The molecule has 0 atom stereocenters. The van der Waals surface area contributed by atoms with Crippen molar-refractivity contribution in [1.82, 2.24) is 14.9 Å². The zero-order valence-corrected chi connectivity index (χ0v) is 17.1. The van der Waals surface area contributed by atoms with Crippen LogP contribution < -0.4 is 4.90 Å². The lowest BCUT2D eigenvalue weighted by atomic mass is 10.2. The lowest BCUT2D eigenvalue weighted by Crippen LogP contribution is -2.36. The molecule has 0 fully saturated rings. The molecular formula is C20H20N4OS2. The number of aryl methyl sites for hydroxylation is 1. The van der Waals surface area contributed by atoms with Gasteiger partial charge in [0.15, 0.2) is 10.1 Å². The summed E-state index contributed by atoms with van der Waals surface area (Å²) >= 11 is 2.99. The molecule has 0 spiro atoms. The molecule has 2 aromatic carbocycles. The SMILES string of the molecule is Cc1cccc2sc(N(CCN(C)C)C(=O)c3nc4ccccc4s3)nc12. The normalized spacial score (nSPS) is 11.6. The first kappa shape index (κ1) is 18.0. The number of hydrogen-bond donors (Lipinski definition) is 0. The van der Waals surface area contributed by atoms with Gasteiger partial charge in [0.25, 0.3) is 5.91 Å². The second kappa shape index (κ2) is 7.34. The largest absolute Gasteiger partial charge is 0.308 e. The Morgan fingerprint density at radius 1 is 0.963 bits per heavy atom. The van der Waals surface area contributed by atoms with E-state index in [2.05, 4.69) is 16.0 Å². The zero-order chi connectivity index (χ0) is 19.0. The molecule has 2 aromatic heterocycles. The lowest BCUT2D eigenvalue weighted by Gasteiger charge is -2.20. The van der Waals surface area contributed by atoms with Crippen molar-refractivity contribution in [2.75, 3.05) is 32.1 Å². The van der Waals surface area contributed by atoms with Gasteiger partial charge < -0.3 is 4.90 Å². The molecule has 0 aliphatic carbocycles. The van der Waals surface area contributed by atoms with E-state index in [4.69, 9.17) is 4.98 Å². The van der Waals surface area contributed by atoms with E-state index in [0.717, 1.165) is 37.7 Å². The van der Waals surface area contributed by atoms with Gasteiger partial charge >= 0.3 is 0 Å². The number of para-hydroxylation sites is 2. The molecule has 0 aliphatic heterocycles. The molecule has 138 valence electrons. The minimum atomic E-state index is -0.0882. The third kappa shape index (κ3) is 3.58. The molecule has 0 unspecified atom stereocenters. The third-order valence-corrected chi connectivity index (χ3v) is 6.40. The Labute approximate surface area is 165 Å². The number of nitrogens with zero attached hydrogens (tertiary/aromatic N) is 4. The number of anilines is 1. The van der Waals surface area contributed by atoms with Crippen LogP contribution in [0.25, 0.3) is 20.4 Å². The van der Waals surface area contributed by atoms with Crippen LogP contribution in [0.15, 0.2) is 42.5 Å². The van der Waals surface area contributed by atoms with Crippen molar-refractivity contribution in [3.05, 3.63) is 53.0 Å². The van der Waals surface area contributed by atoms with Crippen LogP contribution in [0.5, 0.6) is 0 Å². The average molecular weight is 397 g/mol. The number of likely N-dealkylation sites (N-methyl/N-ethyl adjacent to an activating group) is 1. The van der Waals surface area contributed by atoms with Gasteiger partial charge in [-0.2, -0.15) is 0 Å². The van der Waals surface area contributed by atoms with Gasteiger partial charge in [0.2, 0.25) is 0 Å².